The number of hydrogen-bond donors (Lipinski definition) is 0. The standard InChI is InChI=1S/C21H21N3S/c1-16(2)13-22-21-24(23-14-18-11-9-17(3)10-12-18)20(15-25-21)19-7-5-4-6-8-19/h4-12,14-15H,1,13H2,2-3H3. The molecule has 1 heterocycles. The summed E-state index contributed by atoms with van der Waals surface area (Å²) in [6.07, 6.45) is 1.87. The van der Waals surface area contributed by atoms with Crippen LogP contribution in [0.3, 0.4) is 0 Å². The summed E-state index contributed by atoms with van der Waals surface area (Å²) in [4.78, 5) is 5.51. The smallest absolute Gasteiger partial charge is 0.206 e. The zero-order valence-electron chi connectivity index (χ0n) is 14.5. The Morgan fingerprint density at radius 1 is 1.12 bits per heavy atom. The molecule has 0 amide bonds. The van der Waals surface area contributed by atoms with Crippen LogP contribution in [-0.4, -0.2) is 17.4 Å². The van der Waals surface area contributed by atoms with Crippen LogP contribution in [0.15, 0.2) is 82.2 Å². The van der Waals surface area contributed by atoms with Crippen molar-refractivity contribution in [2.45, 2.75) is 13.8 Å². The number of hydrogen-bond acceptors (Lipinski definition) is 3. The van der Waals surface area contributed by atoms with Crippen LogP contribution < -0.4 is 4.80 Å². The molecule has 3 nitrogen and oxygen atoms in total. The van der Waals surface area contributed by atoms with E-state index in [1.807, 2.05) is 36.0 Å². The Kier molecular flexibility index (Phi) is 5.41. The molecule has 0 fully saturated rings. The number of benzene rings is 2. The van der Waals surface area contributed by atoms with Crippen LogP contribution in [-0.2, 0) is 0 Å². The third kappa shape index (κ3) is 4.43. The summed E-state index contributed by atoms with van der Waals surface area (Å²) < 4.78 is 1.91. The van der Waals surface area contributed by atoms with Crippen LogP contribution in [0.5, 0.6) is 0 Å². The van der Waals surface area contributed by atoms with Gasteiger partial charge in [0.25, 0.3) is 0 Å². The highest BCUT2D eigenvalue weighted by Crippen LogP contribution is 2.19. The highest BCUT2D eigenvalue weighted by atomic mass is 32.1. The molecule has 0 atom stereocenters. The lowest BCUT2D eigenvalue weighted by molar-refractivity contribution is 0.836. The third-order valence-electron chi connectivity index (χ3n) is 3.64. The fraction of sp³-hybridized carbons (Fsp3) is 0.143. The molecule has 3 rings (SSSR count). The first-order valence-electron chi connectivity index (χ1n) is 8.15. The third-order valence-corrected chi connectivity index (χ3v) is 4.49. The predicted octanol–water partition coefficient (Wildman–Crippen LogP) is 4.88. The summed E-state index contributed by atoms with van der Waals surface area (Å²) in [5, 5.41) is 6.80. The summed E-state index contributed by atoms with van der Waals surface area (Å²) in [6, 6.07) is 18.6. The van der Waals surface area contributed by atoms with Gasteiger partial charge in [-0.1, -0.05) is 72.3 Å². The van der Waals surface area contributed by atoms with E-state index in [1.165, 1.54) is 5.56 Å². The Morgan fingerprint density at radius 2 is 1.84 bits per heavy atom. The fourth-order valence-corrected chi connectivity index (χ4v) is 3.14. The molecule has 0 aliphatic rings. The highest BCUT2D eigenvalue weighted by Gasteiger charge is 2.06. The van der Waals surface area contributed by atoms with Gasteiger partial charge in [-0.15, -0.1) is 11.3 Å². The van der Waals surface area contributed by atoms with Crippen molar-refractivity contribution < 1.29 is 0 Å². The monoisotopic (exact) mass is 347 g/mol. The fourth-order valence-electron chi connectivity index (χ4n) is 2.31. The average molecular weight is 347 g/mol. The molecular weight excluding hydrogens is 326 g/mol. The van der Waals surface area contributed by atoms with Gasteiger partial charge in [-0.3, -0.25) is 4.99 Å². The Balaban J connectivity index is 2.04. The van der Waals surface area contributed by atoms with Crippen molar-refractivity contribution in [1.82, 2.24) is 4.68 Å². The Bertz CT molecular complexity index is 945. The van der Waals surface area contributed by atoms with E-state index in [9.17, 15) is 0 Å². The van der Waals surface area contributed by atoms with E-state index < -0.39 is 0 Å². The largest absolute Gasteiger partial charge is 0.253 e. The molecule has 0 saturated heterocycles. The van der Waals surface area contributed by atoms with E-state index in [1.54, 1.807) is 11.3 Å². The molecule has 4 heteroatoms. The van der Waals surface area contributed by atoms with Gasteiger partial charge in [-0.2, -0.15) is 5.10 Å². The molecule has 0 aliphatic carbocycles. The molecule has 126 valence electrons. The molecule has 0 aliphatic heterocycles. The van der Waals surface area contributed by atoms with E-state index in [2.05, 4.69) is 60.3 Å². The summed E-state index contributed by atoms with van der Waals surface area (Å²) in [7, 11) is 0. The predicted molar refractivity (Wildman–Crippen MR) is 107 cm³/mol. The van der Waals surface area contributed by atoms with Gasteiger partial charge in [0.1, 0.15) is 0 Å². The molecule has 0 unspecified atom stereocenters. The van der Waals surface area contributed by atoms with Crippen molar-refractivity contribution in [3.8, 4) is 11.3 Å². The number of nitrogens with zero attached hydrogens (tertiary/aromatic N) is 3. The van der Waals surface area contributed by atoms with Crippen LogP contribution in [0.25, 0.3) is 11.3 Å². The Morgan fingerprint density at radius 3 is 2.52 bits per heavy atom. The molecule has 0 bridgehead atoms. The van der Waals surface area contributed by atoms with Crippen LogP contribution in [0, 0.1) is 6.92 Å². The maximum Gasteiger partial charge on any atom is 0.206 e. The van der Waals surface area contributed by atoms with E-state index in [4.69, 9.17) is 5.10 Å². The summed E-state index contributed by atoms with van der Waals surface area (Å²) in [5.74, 6) is 0. The van der Waals surface area contributed by atoms with E-state index in [0.717, 1.165) is 27.2 Å². The molecule has 0 saturated carbocycles. The lowest BCUT2D eigenvalue weighted by atomic mass is 10.2. The van der Waals surface area contributed by atoms with Crippen molar-refractivity contribution in [2.24, 2.45) is 10.1 Å². The van der Waals surface area contributed by atoms with E-state index in [0.29, 0.717) is 6.54 Å². The van der Waals surface area contributed by atoms with Crippen LogP contribution in [0.2, 0.25) is 0 Å². The second kappa shape index (κ2) is 7.90. The average Bonchev–Trinajstić information content (AvgIpc) is 3.03. The minimum atomic E-state index is 0.606. The summed E-state index contributed by atoms with van der Waals surface area (Å²) in [5.41, 5.74) is 5.49. The maximum absolute atomic E-state index is 4.70. The van der Waals surface area contributed by atoms with Gasteiger partial charge < -0.3 is 0 Å². The topological polar surface area (TPSA) is 29.6 Å². The zero-order chi connectivity index (χ0) is 17.6. The van der Waals surface area contributed by atoms with Gasteiger partial charge >= 0.3 is 0 Å². The van der Waals surface area contributed by atoms with Crippen molar-refractivity contribution in [2.75, 3.05) is 6.54 Å². The quantitative estimate of drug-likeness (QED) is 0.465. The van der Waals surface area contributed by atoms with Gasteiger partial charge in [0.2, 0.25) is 4.80 Å². The van der Waals surface area contributed by atoms with Crippen LogP contribution in [0.1, 0.15) is 18.1 Å². The number of aryl methyl sites for hydroxylation is 1. The van der Waals surface area contributed by atoms with Crippen molar-refractivity contribution in [3.63, 3.8) is 0 Å². The summed E-state index contributed by atoms with van der Waals surface area (Å²) in [6.45, 7) is 8.60. The molecule has 3 aromatic rings. The molecule has 1 aromatic heterocycles. The number of rotatable bonds is 5. The number of thiazole rings is 1. The van der Waals surface area contributed by atoms with Gasteiger partial charge in [0.05, 0.1) is 18.5 Å². The molecule has 0 radical (unpaired) electrons. The Labute approximate surface area is 152 Å². The SMILES string of the molecule is C=C(C)CN=c1scc(-c2ccccc2)n1N=Cc1ccc(C)cc1. The van der Waals surface area contributed by atoms with Crippen LogP contribution in [0.4, 0.5) is 0 Å². The van der Waals surface area contributed by atoms with Gasteiger partial charge in [-0.25, -0.2) is 4.68 Å². The van der Waals surface area contributed by atoms with Crippen LogP contribution >= 0.6 is 11.3 Å². The normalized spacial score (nSPS) is 12.0. The molecular formula is C21H21N3S. The first-order chi connectivity index (χ1) is 12.1. The second-order valence-corrected chi connectivity index (χ2v) is 6.85. The minimum absolute atomic E-state index is 0.606. The molecule has 0 N–H and O–H groups in total. The lowest BCUT2D eigenvalue weighted by Crippen LogP contribution is -2.13. The second-order valence-electron chi connectivity index (χ2n) is 6.01. The van der Waals surface area contributed by atoms with Gasteiger partial charge in [0, 0.05) is 10.9 Å². The molecule has 0 spiro atoms. The van der Waals surface area contributed by atoms with E-state index >= 15 is 0 Å². The van der Waals surface area contributed by atoms with Crippen molar-refractivity contribution in [1.29, 1.82) is 0 Å². The zero-order valence-corrected chi connectivity index (χ0v) is 15.3. The summed E-state index contributed by atoms with van der Waals surface area (Å²) >= 11 is 1.59. The first kappa shape index (κ1) is 17.1. The van der Waals surface area contributed by atoms with E-state index in [-0.39, 0.29) is 0 Å². The van der Waals surface area contributed by atoms with Crippen molar-refractivity contribution in [3.05, 3.63) is 88.1 Å². The maximum atomic E-state index is 4.70. The van der Waals surface area contributed by atoms with Gasteiger partial charge in [-0.05, 0) is 19.4 Å². The number of aromatic nitrogens is 1. The Hall–Kier alpha value is -2.72. The van der Waals surface area contributed by atoms with Gasteiger partial charge in [0.15, 0.2) is 0 Å². The molecule has 25 heavy (non-hydrogen) atoms. The minimum Gasteiger partial charge on any atom is -0.253 e. The highest BCUT2D eigenvalue weighted by molar-refractivity contribution is 7.07. The first-order valence-corrected chi connectivity index (χ1v) is 9.03. The lowest BCUT2D eigenvalue weighted by Gasteiger charge is -2.03. The van der Waals surface area contributed by atoms with Crippen molar-refractivity contribution >= 4 is 17.6 Å². The molecule has 2 aromatic carbocycles.